The number of thioether (sulfide) groups is 1. The molecule has 0 spiro atoms. The van der Waals surface area contributed by atoms with Crippen molar-refractivity contribution in [1.29, 1.82) is 0 Å². The van der Waals surface area contributed by atoms with Crippen LogP contribution >= 0.6 is 11.8 Å². The molecule has 0 radical (unpaired) electrons. The Morgan fingerprint density at radius 1 is 1.23 bits per heavy atom. The highest BCUT2D eigenvalue weighted by Crippen LogP contribution is 2.35. The van der Waals surface area contributed by atoms with Gasteiger partial charge in [-0.3, -0.25) is 14.5 Å². The van der Waals surface area contributed by atoms with Gasteiger partial charge in [0.25, 0.3) is 11.1 Å². The van der Waals surface area contributed by atoms with Crippen LogP contribution in [0, 0.1) is 19.8 Å². The number of amides is 2. The van der Waals surface area contributed by atoms with Gasteiger partial charge < -0.3 is 9.30 Å². The molecule has 142 valence electrons. The first-order chi connectivity index (χ1) is 12.5. The predicted octanol–water partition coefficient (Wildman–Crippen LogP) is 4.37. The van der Waals surface area contributed by atoms with Gasteiger partial charge in [0.15, 0.2) is 0 Å². The Bertz CT molecular complexity index is 717. The van der Waals surface area contributed by atoms with Crippen LogP contribution in [-0.4, -0.2) is 40.9 Å². The van der Waals surface area contributed by atoms with Crippen molar-refractivity contribution < 1.29 is 14.3 Å². The number of nitrogens with zero attached hydrogens (tertiary/aromatic N) is 2. The zero-order valence-electron chi connectivity index (χ0n) is 15.9. The standard InChI is InChI=1S/C20H28N2O3S/c1-14-11-17(15(2)21(14)9-10-25-3)12-18-19(23)22(20(24)26-18)13-16-7-5-4-6-8-16/h11-12,16H,4-10,13H2,1-3H3/b18-12+. The minimum atomic E-state index is -0.132. The summed E-state index contributed by atoms with van der Waals surface area (Å²) in [5.74, 6) is 0.336. The molecule has 0 atom stereocenters. The molecule has 2 heterocycles. The van der Waals surface area contributed by atoms with Gasteiger partial charge in [0.1, 0.15) is 0 Å². The van der Waals surface area contributed by atoms with Crippen LogP contribution in [0.5, 0.6) is 0 Å². The van der Waals surface area contributed by atoms with E-state index in [1.165, 1.54) is 24.2 Å². The third-order valence-corrected chi connectivity index (χ3v) is 6.36. The van der Waals surface area contributed by atoms with Gasteiger partial charge in [-0.2, -0.15) is 0 Å². The van der Waals surface area contributed by atoms with E-state index in [2.05, 4.69) is 17.6 Å². The maximum atomic E-state index is 12.8. The fourth-order valence-electron chi connectivity index (χ4n) is 3.93. The monoisotopic (exact) mass is 376 g/mol. The van der Waals surface area contributed by atoms with Gasteiger partial charge in [-0.05, 0) is 62.1 Å². The number of imide groups is 1. The van der Waals surface area contributed by atoms with Crippen molar-refractivity contribution in [1.82, 2.24) is 9.47 Å². The lowest BCUT2D eigenvalue weighted by Gasteiger charge is -2.25. The van der Waals surface area contributed by atoms with Gasteiger partial charge in [-0.25, -0.2) is 0 Å². The van der Waals surface area contributed by atoms with Crippen LogP contribution in [0.3, 0.4) is 0 Å². The highest BCUT2D eigenvalue weighted by atomic mass is 32.2. The Hall–Kier alpha value is -1.53. The highest BCUT2D eigenvalue weighted by molar-refractivity contribution is 8.18. The zero-order chi connectivity index (χ0) is 18.7. The number of ether oxygens (including phenoxy) is 1. The van der Waals surface area contributed by atoms with E-state index in [1.54, 1.807) is 7.11 Å². The number of aromatic nitrogens is 1. The molecular weight excluding hydrogens is 348 g/mol. The van der Waals surface area contributed by atoms with Gasteiger partial charge in [-0.15, -0.1) is 0 Å². The lowest BCUT2D eigenvalue weighted by molar-refractivity contribution is -0.123. The summed E-state index contributed by atoms with van der Waals surface area (Å²) >= 11 is 1.07. The molecule has 1 aromatic rings. The summed E-state index contributed by atoms with van der Waals surface area (Å²) < 4.78 is 7.35. The first kappa shape index (κ1) is 19.2. The number of methoxy groups -OCH3 is 1. The fraction of sp³-hybridized carbons (Fsp3) is 0.600. The van der Waals surface area contributed by atoms with E-state index in [1.807, 2.05) is 13.0 Å². The first-order valence-electron chi connectivity index (χ1n) is 9.42. The van der Waals surface area contributed by atoms with E-state index < -0.39 is 0 Å². The maximum absolute atomic E-state index is 12.8. The van der Waals surface area contributed by atoms with Crippen molar-refractivity contribution in [2.75, 3.05) is 20.3 Å². The second kappa shape index (κ2) is 8.44. The number of rotatable bonds is 6. The highest BCUT2D eigenvalue weighted by Gasteiger charge is 2.36. The molecule has 1 saturated heterocycles. The van der Waals surface area contributed by atoms with E-state index in [4.69, 9.17) is 4.74 Å². The van der Waals surface area contributed by atoms with Gasteiger partial charge in [-0.1, -0.05) is 19.3 Å². The lowest BCUT2D eigenvalue weighted by atomic mass is 9.89. The van der Waals surface area contributed by atoms with Crippen molar-refractivity contribution in [3.05, 3.63) is 27.9 Å². The largest absolute Gasteiger partial charge is 0.383 e. The lowest BCUT2D eigenvalue weighted by Crippen LogP contribution is -2.34. The Morgan fingerprint density at radius 2 is 1.96 bits per heavy atom. The summed E-state index contributed by atoms with van der Waals surface area (Å²) in [7, 11) is 1.69. The number of aryl methyl sites for hydroxylation is 1. The van der Waals surface area contributed by atoms with Crippen LogP contribution in [0.15, 0.2) is 11.0 Å². The molecule has 26 heavy (non-hydrogen) atoms. The minimum Gasteiger partial charge on any atom is -0.383 e. The SMILES string of the molecule is COCCn1c(C)cc(/C=C2/SC(=O)N(CC3CCCCC3)C2=O)c1C. The minimum absolute atomic E-state index is 0.125. The average Bonchev–Trinajstić information content (AvgIpc) is 3.04. The Balaban J connectivity index is 1.75. The van der Waals surface area contributed by atoms with Crippen molar-refractivity contribution in [2.24, 2.45) is 5.92 Å². The number of hydrogen-bond acceptors (Lipinski definition) is 4. The predicted molar refractivity (Wildman–Crippen MR) is 105 cm³/mol. The van der Waals surface area contributed by atoms with Crippen LogP contribution < -0.4 is 0 Å². The van der Waals surface area contributed by atoms with Gasteiger partial charge in [0.05, 0.1) is 11.5 Å². The Kier molecular flexibility index (Phi) is 6.24. The average molecular weight is 377 g/mol. The summed E-state index contributed by atoms with van der Waals surface area (Å²) in [5.41, 5.74) is 3.23. The van der Waals surface area contributed by atoms with Crippen LogP contribution in [0.1, 0.15) is 49.1 Å². The zero-order valence-corrected chi connectivity index (χ0v) is 16.7. The third-order valence-electron chi connectivity index (χ3n) is 5.46. The molecule has 3 rings (SSSR count). The van der Waals surface area contributed by atoms with E-state index in [-0.39, 0.29) is 11.1 Å². The molecule has 1 aromatic heterocycles. The molecule has 1 aliphatic carbocycles. The van der Waals surface area contributed by atoms with Crippen LogP contribution in [0.25, 0.3) is 6.08 Å². The third kappa shape index (κ3) is 4.07. The summed E-state index contributed by atoms with van der Waals surface area (Å²) in [6.45, 7) is 6.10. The molecule has 5 nitrogen and oxygen atoms in total. The first-order valence-corrected chi connectivity index (χ1v) is 10.2. The normalized spacial score (nSPS) is 20.6. The van der Waals surface area contributed by atoms with Crippen molar-refractivity contribution >= 4 is 29.0 Å². The number of carbonyl (C=O) groups excluding carboxylic acids is 2. The molecule has 2 aliphatic rings. The Morgan fingerprint density at radius 3 is 2.65 bits per heavy atom. The molecule has 0 aromatic carbocycles. The van der Waals surface area contributed by atoms with E-state index in [0.29, 0.717) is 24.0 Å². The quantitative estimate of drug-likeness (QED) is 0.692. The molecule has 6 heteroatoms. The molecule has 0 N–H and O–H groups in total. The smallest absolute Gasteiger partial charge is 0.293 e. The van der Waals surface area contributed by atoms with Crippen molar-refractivity contribution in [3.63, 3.8) is 0 Å². The second-order valence-electron chi connectivity index (χ2n) is 7.27. The topological polar surface area (TPSA) is 51.5 Å². The molecule has 2 fully saturated rings. The number of hydrogen-bond donors (Lipinski definition) is 0. The summed E-state index contributed by atoms with van der Waals surface area (Å²) in [4.78, 5) is 27.1. The molecule has 1 saturated carbocycles. The second-order valence-corrected chi connectivity index (χ2v) is 8.26. The van der Waals surface area contributed by atoms with E-state index in [9.17, 15) is 9.59 Å². The van der Waals surface area contributed by atoms with Crippen LogP contribution in [0.2, 0.25) is 0 Å². The van der Waals surface area contributed by atoms with Crippen LogP contribution in [0.4, 0.5) is 4.79 Å². The molecule has 0 bridgehead atoms. The summed E-state index contributed by atoms with van der Waals surface area (Å²) in [6.07, 6.45) is 7.83. The fourth-order valence-corrected chi connectivity index (χ4v) is 4.77. The summed E-state index contributed by atoms with van der Waals surface area (Å²) in [6, 6.07) is 2.07. The maximum Gasteiger partial charge on any atom is 0.293 e. The van der Waals surface area contributed by atoms with E-state index >= 15 is 0 Å². The van der Waals surface area contributed by atoms with Gasteiger partial charge in [0.2, 0.25) is 0 Å². The van der Waals surface area contributed by atoms with Gasteiger partial charge in [0, 0.05) is 31.6 Å². The van der Waals surface area contributed by atoms with Crippen molar-refractivity contribution in [3.8, 4) is 0 Å². The number of carbonyl (C=O) groups is 2. The molecule has 0 unspecified atom stereocenters. The molecule has 2 amide bonds. The molecule has 1 aliphatic heterocycles. The van der Waals surface area contributed by atoms with Crippen molar-refractivity contribution in [2.45, 2.75) is 52.5 Å². The Labute approximate surface area is 159 Å². The van der Waals surface area contributed by atoms with E-state index in [0.717, 1.165) is 48.1 Å². The molecular formula is C20H28N2O3S. The van der Waals surface area contributed by atoms with Crippen LogP contribution in [-0.2, 0) is 16.1 Å². The van der Waals surface area contributed by atoms with Gasteiger partial charge >= 0.3 is 0 Å². The summed E-state index contributed by atoms with van der Waals surface area (Å²) in [5, 5.41) is -0.125.